The molecule has 0 spiro atoms. The third-order valence-electron chi connectivity index (χ3n) is 3.71. The summed E-state index contributed by atoms with van der Waals surface area (Å²) in [6.07, 6.45) is 2.63. The number of nitrogens with zero attached hydrogens (tertiary/aromatic N) is 1. The Bertz CT molecular complexity index is 361. The predicted molar refractivity (Wildman–Crippen MR) is 74.9 cm³/mol. The topological polar surface area (TPSA) is 24.5 Å². The fourth-order valence-electron chi connectivity index (χ4n) is 2.57. The van der Waals surface area contributed by atoms with Crippen molar-refractivity contribution in [3.63, 3.8) is 0 Å². The van der Waals surface area contributed by atoms with Crippen LogP contribution in [-0.2, 0) is 6.54 Å². The Kier molecular flexibility index (Phi) is 5.02. The quantitative estimate of drug-likeness (QED) is 0.834. The molecule has 100 valence electrons. The first-order valence-electron chi connectivity index (χ1n) is 6.80. The maximum Gasteiger partial charge on any atom is 0.123 e. The van der Waals surface area contributed by atoms with E-state index in [4.69, 9.17) is 4.74 Å². The molecule has 18 heavy (non-hydrogen) atoms. The first kappa shape index (κ1) is 13.4. The lowest BCUT2D eigenvalue weighted by molar-refractivity contribution is 0.292. The summed E-state index contributed by atoms with van der Waals surface area (Å²) in [5.41, 5.74) is 1.27. The van der Waals surface area contributed by atoms with Crippen LogP contribution in [0.15, 0.2) is 24.3 Å². The van der Waals surface area contributed by atoms with E-state index in [-0.39, 0.29) is 0 Å². The van der Waals surface area contributed by atoms with Crippen molar-refractivity contribution in [2.24, 2.45) is 5.92 Å². The lowest BCUT2D eigenvalue weighted by Gasteiger charge is -2.20. The monoisotopic (exact) mass is 248 g/mol. The van der Waals surface area contributed by atoms with Crippen LogP contribution in [0, 0.1) is 5.92 Å². The summed E-state index contributed by atoms with van der Waals surface area (Å²) < 4.78 is 5.39. The highest BCUT2D eigenvalue weighted by Gasteiger charge is 2.15. The highest BCUT2D eigenvalue weighted by Crippen LogP contribution is 2.19. The molecule has 1 atom stereocenters. The average molecular weight is 248 g/mol. The molecule has 2 rings (SSSR count). The number of benzene rings is 1. The number of nitrogens with one attached hydrogen (secondary N) is 1. The van der Waals surface area contributed by atoms with E-state index in [9.17, 15) is 0 Å². The Hall–Kier alpha value is -1.06. The highest BCUT2D eigenvalue weighted by atomic mass is 16.5. The Morgan fingerprint density at radius 3 is 2.94 bits per heavy atom. The van der Waals surface area contributed by atoms with Crippen LogP contribution >= 0.6 is 0 Å². The fourth-order valence-corrected chi connectivity index (χ4v) is 2.57. The van der Waals surface area contributed by atoms with Crippen molar-refractivity contribution < 1.29 is 4.74 Å². The largest absolute Gasteiger partial charge is 0.496 e. The molecule has 1 N–H and O–H groups in total. The van der Waals surface area contributed by atoms with Gasteiger partial charge in [-0.25, -0.2) is 0 Å². The van der Waals surface area contributed by atoms with Crippen LogP contribution in [0.5, 0.6) is 5.75 Å². The first-order valence-corrected chi connectivity index (χ1v) is 6.80. The summed E-state index contributed by atoms with van der Waals surface area (Å²) in [4.78, 5) is 2.39. The summed E-state index contributed by atoms with van der Waals surface area (Å²) >= 11 is 0. The average Bonchev–Trinajstić information content (AvgIpc) is 2.90. The fraction of sp³-hybridized carbons (Fsp3) is 0.600. The van der Waals surface area contributed by atoms with Crippen LogP contribution in [0.25, 0.3) is 0 Å². The van der Waals surface area contributed by atoms with Gasteiger partial charge >= 0.3 is 0 Å². The zero-order valence-corrected chi connectivity index (χ0v) is 11.5. The SMILES string of the molecule is COc1ccccc1CN(C)CCC1CCNC1. The van der Waals surface area contributed by atoms with Crippen molar-refractivity contribution in [1.82, 2.24) is 10.2 Å². The Labute approximate surface area is 110 Å². The molecular formula is C15H24N2O. The first-order chi connectivity index (χ1) is 8.79. The van der Waals surface area contributed by atoms with E-state index in [1.54, 1.807) is 7.11 Å². The van der Waals surface area contributed by atoms with Gasteiger partial charge in [0, 0.05) is 12.1 Å². The van der Waals surface area contributed by atoms with Crippen LogP contribution < -0.4 is 10.1 Å². The van der Waals surface area contributed by atoms with Gasteiger partial charge in [0.25, 0.3) is 0 Å². The second-order valence-electron chi connectivity index (χ2n) is 5.20. The lowest BCUT2D eigenvalue weighted by atomic mass is 10.0. The van der Waals surface area contributed by atoms with E-state index in [1.165, 1.54) is 31.5 Å². The molecule has 0 aliphatic carbocycles. The molecule has 1 aromatic rings. The van der Waals surface area contributed by atoms with Crippen molar-refractivity contribution in [3.05, 3.63) is 29.8 Å². The van der Waals surface area contributed by atoms with Crippen molar-refractivity contribution in [1.29, 1.82) is 0 Å². The van der Waals surface area contributed by atoms with Gasteiger partial charge in [-0.15, -0.1) is 0 Å². The number of para-hydroxylation sites is 1. The minimum atomic E-state index is 0.866. The van der Waals surface area contributed by atoms with E-state index in [2.05, 4.69) is 29.4 Å². The van der Waals surface area contributed by atoms with Crippen LogP contribution in [0.1, 0.15) is 18.4 Å². The summed E-state index contributed by atoms with van der Waals surface area (Å²) in [5, 5.41) is 3.43. The molecule has 1 fully saturated rings. The van der Waals surface area contributed by atoms with Crippen molar-refractivity contribution in [2.75, 3.05) is 33.8 Å². The number of rotatable bonds is 6. The predicted octanol–water partition coefficient (Wildman–Crippen LogP) is 2.13. The molecular weight excluding hydrogens is 224 g/mol. The van der Waals surface area contributed by atoms with Gasteiger partial charge in [0.1, 0.15) is 5.75 Å². The maximum atomic E-state index is 5.39. The van der Waals surface area contributed by atoms with E-state index in [1.807, 2.05) is 12.1 Å². The normalized spacial score (nSPS) is 19.4. The molecule has 3 nitrogen and oxygen atoms in total. The summed E-state index contributed by atoms with van der Waals surface area (Å²) in [6, 6.07) is 8.27. The van der Waals surface area contributed by atoms with Crippen molar-refractivity contribution >= 4 is 0 Å². The Balaban J connectivity index is 1.80. The summed E-state index contributed by atoms with van der Waals surface area (Å²) in [5.74, 6) is 1.86. The second kappa shape index (κ2) is 6.76. The van der Waals surface area contributed by atoms with Gasteiger partial charge < -0.3 is 15.0 Å². The minimum Gasteiger partial charge on any atom is -0.496 e. The molecule has 0 amide bonds. The standard InChI is InChI=1S/C15H24N2O/c1-17(10-8-13-7-9-16-11-13)12-14-5-3-4-6-15(14)18-2/h3-6,13,16H,7-12H2,1-2H3. The van der Waals surface area contributed by atoms with Gasteiger partial charge in [-0.05, 0) is 51.5 Å². The lowest BCUT2D eigenvalue weighted by Crippen LogP contribution is -2.22. The van der Waals surface area contributed by atoms with Crippen LogP contribution in [-0.4, -0.2) is 38.7 Å². The zero-order valence-electron chi connectivity index (χ0n) is 11.5. The van der Waals surface area contributed by atoms with Crippen LogP contribution in [0.4, 0.5) is 0 Å². The molecule has 1 heterocycles. The number of ether oxygens (including phenoxy) is 1. The van der Waals surface area contributed by atoms with Gasteiger partial charge in [0.2, 0.25) is 0 Å². The molecule has 3 heteroatoms. The summed E-state index contributed by atoms with van der Waals surface area (Å²) in [6.45, 7) is 4.51. The Morgan fingerprint density at radius 2 is 2.22 bits per heavy atom. The second-order valence-corrected chi connectivity index (χ2v) is 5.20. The van der Waals surface area contributed by atoms with E-state index in [0.717, 1.165) is 24.8 Å². The van der Waals surface area contributed by atoms with Crippen LogP contribution in [0.3, 0.4) is 0 Å². The van der Waals surface area contributed by atoms with E-state index in [0.29, 0.717) is 0 Å². The molecule has 1 saturated heterocycles. The molecule has 1 aromatic carbocycles. The molecule has 0 aromatic heterocycles. The van der Waals surface area contributed by atoms with Crippen molar-refractivity contribution in [2.45, 2.75) is 19.4 Å². The molecule has 0 radical (unpaired) electrons. The third kappa shape index (κ3) is 3.72. The molecule has 1 aliphatic heterocycles. The molecule has 1 aliphatic rings. The van der Waals surface area contributed by atoms with Gasteiger partial charge in [-0.3, -0.25) is 0 Å². The highest BCUT2D eigenvalue weighted by molar-refractivity contribution is 5.32. The van der Waals surface area contributed by atoms with Crippen LogP contribution in [0.2, 0.25) is 0 Å². The number of methoxy groups -OCH3 is 1. The number of hydrogen-bond acceptors (Lipinski definition) is 3. The van der Waals surface area contributed by atoms with E-state index >= 15 is 0 Å². The Morgan fingerprint density at radius 1 is 1.39 bits per heavy atom. The smallest absolute Gasteiger partial charge is 0.123 e. The maximum absolute atomic E-state index is 5.39. The molecule has 0 saturated carbocycles. The van der Waals surface area contributed by atoms with E-state index < -0.39 is 0 Å². The van der Waals surface area contributed by atoms with Gasteiger partial charge in [-0.2, -0.15) is 0 Å². The summed E-state index contributed by atoms with van der Waals surface area (Å²) in [7, 11) is 3.93. The minimum absolute atomic E-state index is 0.866. The zero-order chi connectivity index (χ0) is 12.8. The van der Waals surface area contributed by atoms with Gasteiger partial charge in [-0.1, -0.05) is 18.2 Å². The third-order valence-corrected chi connectivity index (χ3v) is 3.71. The van der Waals surface area contributed by atoms with Crippen molar-refractivity contribution in [3.8, 4) is 5.75 Å². The molecule has 0 bridgehead atoms. The van der Waals surface area contributed by atoms with Gasteiger partial charge in [0.05, 0.1) is 7.11 Å². The van der Waals surface area contributed by atoms with Gasteiger partial charge in [0.15, 0.2) is 0 Å². The number of hydrogen-bond donors (Lipinski definition) is 1. The molecule has 1 unspecified atom stereocenters.